The third kappa shape index (κ3) is 5.62. The molecule has 6 heteroatoms. The van der Waals surface area contributed by atoms with E-state index in [2.05, 4.69) is 19.2 Å². The summed E-state index contributed by atoms with van der Waals surface area (Å²) in [6, 6.07) is 0.184. The lowest BCUT2D eigenvalue weighted by Crippen LogP contribution is -2.55. The molecule has 1 heterocycles. The second-order valence-electron chi connectivity index (χ2n) is 8.07. The van der Waals surface area contributed by atoms with E-state index in [0.29, 0.717) is 12.3 Å². The van der Waals surface area contributed by atoms with E-state index < -0.39 is 0 Å². The Hall–Kier alpha value is -0.810. The molecule has 1 aliphatic heterocycles. The minimum atomic E-state index is -0.379. The third-order valence-electron chi connectivity index (χ3n) is 5.35. The SMILES string of the molecule is CC(C)CC(=O)N1CCC(NC(=O)C2CCCCC2(C)N)CC1.Cl. The molecule has 2 rings (SSSR count). The third-order valence-corrected chi connectivity index (χ3v) is 5.35. The van der Waals surface area contributed by atoms with E-state index in [-0.39, 0.29) is 41.7 Å². The Labute approximate surface area is 152 Å². The monoisotopic (exact) mass is 359 g/mol. The molecule has 24 heavy (non-hydrogen) atoms. The Balaban J connectivity index is 0.00000288. The predicted octanol–water partition coefficient (Wildman–Crippen LogP) is 2.47. The first-order valence-corrected chi connectivity index (χ1v) is 9.16. The quantitative estimate of drug-likeness (QED) is 0.809. The van der Waals surface area contributed by atoms with Gasteiger partial charge in [0.25, 0.3) is 0 Å². The van der Waals surface area contributed by atoms with Gasteiger partial charge in [-0.15, -0.1) is 12.4 Å². The van der Waals surface area contributed by atoms with Crippen molar-refractivity contribution in [1.29, 1.82) is 0 Å². The number of amides is 2. The van der Waals surface area contributed by atoms with Gasteiger partial charge in [-0.05, 0) is 38.5 Å². The van der Waals surface area contributed by atoms with Gasteiger partial charge in [-0.3, -0.25) is 9.59 Å². The molecule has 3 N–H and O–H groups in total. The van der Waals surface area contributed by atoms with Gasteiger partial charge in [0.2, 0.25) is 11.8 Å². The number of hydrogen-bond donors (Lipinski definition) is 2. The van der Waals surface area contributed by atoms with Crippen LogP contribution in [0.5, 0.6) is 0 Å². The highest BCUT2D eigenvalue weighted by molar-refractivity contribution is 5.85. The zero-order valence-corrected chi connectivity index (χ0v) is 16.2. The Morgan fingerprint density at radius 3 is 2.38 bits per heavy atom. The number of rotatable bonds is 4. The molecule has 0 aromatic rings. The molecule has 0 aromatic heterocycles. The molecule has 2 aliphatic rings. The first-order valence-electron chi connectivity index (χ1n) is 9.16. The van der Waals surface area contributed by atoms with Crippen LogP contribution in [-0.2, 0) is 9.59 Å². The van der Waals surface area contributed by atoms with E-state index in [0.717, 1.165) is 51.6 Å². The number of nitrogens with zero attached hydrogens (tertiary/aromatic N) is 1. The molecule has 0 bridgehead atoms. The van der Waals surface area contributed by atoms with Crippen LogP contribution < -0.4 is 11.1 Å². The number of nitrogens with one attached hydrogen (secondary N) is 1. The van der Waals surface area contributed by atoms with Gasteiger partial charge in [0.15, 0.2) is 0 Å². The molecule has 0 aromatic carbocycles. The van der Waals surface area contributed by atoms with Crippen molar-refractivity contribution in [3.05, 3.63) is 0 Å². The molecule has 140 valence electrons. The lowest BCUT2D eigenvalue weighted by atomic mass is 9.74. The normalized spacial score (nSPS) is 28.4. The second kappa shape index (κ2) is 9.04. The maximum Gasteiger partial charge on any atom is 0.225 e. The van der Waals surface area contributed by atoms with Crippen LogP contribution in [0.25, 0.3) is 0 Å². The van der Waals surface area contributed by atoms with Crippen LogP contribution in [0.3, 0.4) is 0 Å². The maximum atomic E-state index is 12.6. The number of carbonyl (C=O) groups excluding carboxylic acids is 2. The van der Waals surface area contributed by atoms with Crippen molar-refractivity contribution in [2.45, 2.75) is 77.3 Å². The van der Waals surface area contributed by atoms with Crippen LogP contribution in [0.4, 0.5) is 0 Å². The van der Waals surface area contributed by atoms with Crippen molar-refractivity contribution in [3.8, 4) is 0 Å². The first kappa shape index (κ1) is 21.2. The van der Waals surface area contributed by atoms with Crippen molar-refractivity contribution in [1.82, 2.24) is 10.2 Å². The summed E-state index contributed by atoms with van der Waals surface area (Å²) in [6.45, 7) is 7.64. The fourth-order valence-electron chi connectivity index (χ4n) is 3.84. The summed E-state index contributed by atoms with van der Waals surface area (Å²) in [5.74, 6) is 0.679. The molecule has 0 radical (unpaired) electrons. The van der Waals surface area contributed by atoms with Crippen molar-refractivity contribution in [2.24, 2.45) is 17.6 Å². The zero-order chi connectivity index (χ0) is 17.0. The topological polar surface area (TPSA) is 75.4 Å². The van der Waals surface area contributed by atoms with Gasteiger partial charge in [0, 0.05) is 31.1 Å². The molecule has 2 atom stereocenters. The van der Waals surface area contributed by atoms with E-state index in [4.69, 9.17) is 5.73 Å². The van der Waals surface area contributed by atoms with Crippen molar-refractivity contribution in [2.75, 3.05) is 13.1 Å². The van der Waals surface area contributed by atoms with E-state index in [1.165, 1.54) is 0 Å². The number of likely N-dealkylation sites (tertiary alicyclic amines) is 1. The number of carbonyl (C=O) groups is 2. The summed E-state index contributed by atoms with van der Waals surface area (Å²) in [7, 11) is 0. The molecular weight excluding hydrogens is 326 g/mol. The Bertz CT molecular complexity index is 432. The molecule has 0 spiro atoms. The van der Waals surface area contributed by atoms with Gasteiger partial charge in [0.05, 0.1) is 5.92 Å². The smallest absolute Gasteiger partial charge is 0.225 e. The molecule has 2 amide bonds. The largest absolute Gasteiger partial charge is 0.353 e. The number of piperidine rings is 1. The number of nitrogens with two attached hydrogens (primary N) is 1. The molecule has 1 aliphatic carbocycles. The fraction of sp³-hybridized carbons (Fsp3) is 0.889. The van der Waals surface area contributed by atoms with Gasteiger partial charge < -0.3 is 16.0 Å². The van der Waals surface area contributed by atoms with Crippen LogP contribution in [0.2, 0.25) is 0 Å². The standard InChI is InChI=1S/C18H33N3O2.ClH/c1-13(2)12-16(22)21-10-7-14(8-11-21)20-17(23)15-6-4-5-9-18(15,3)19;/h13-15H,4-12,19H2,1-3H3,(H,20,23);1H. The van der Waals surface area contributed by atoms with E-state index >= 15 is 0 Å². The molecule has 2 fully saturated rings. The van der Waals surface area contributed by atoms with Crippen molar-refractivity contribution in [3.63, 3.8) is 0 Å². The van der Waals surface area contributed by atoms with Gasteiger partial charge in [-0.2, -0.15) is 0 Å². The van der Waals surface area contributed by atoms with Gasteiger partial charge >= 0.3 is 0 Å². The minimum Gasteiger partial charge on any atom is -0.353 e. The van der Waals surface area contributed by atoms with Crippen LogP contribution in [0.1, 0.15) is 65.7 Å². The second-order valence-corrected chi connectivity index (χ2v) is 8.07. The van der Waals surface area contributed by atoms with Crippen LogP contribution in [0.15, 0.2) is 0 Å². The predicted molar refractivity (Wildman–Crippen MR) is 99.0 cm³/mol. The Kier molecular flexibility index (Phi) is 8.00. The summed E-state index contributed by atoms with van der Waals surface area (Å²) in [6.07, 6.45) is 6.34. The lowest BCUT2D eigenvalue weighted by molar-refractivity contribution is -0.133. The number of hydrogen-bond acceptors (Lipinski definition) is 3. The summed E-state index contributed by atoms with van der Waals surface area (Å²) in [5, 5.41) is 3.19. The fourth-order valence-corrected chi connectivity index (χ4v) is 3.84. The Morgan fingerprint density at radius 2 is 1.83 bits per heavy atom. The lowest BCUT2D eigenvalue weighted by Gasteiger charge is -2.39. The first-order chi connectivity index (χ1) is 10.8. The average Bonchev–Trinajstić information content (AvgIpc) is 2.46. The van der Waals surface area contributed by atoms with E-state index in [1.54, 1.807) is 0 Å². The van der Waals surface area contributed by atoms with Gasteiger partial charge in [-0.25, -0.2) is 0 Å². The molecule has 1 saturated heterocycles. The van der Waals surface area contributed by atoms with Crippen LogP contribution in [0, 0.1) is 11.8 Å². The van der Waals surface area contributed by atoms with Gasteiger partial charge in [-0.1, -0.05) is 26.7 Å². The Morgan fingerprint density at radius 1 is 1.21 bits per heavy atom. The highest BCUT2D eigenvalue weighted by Crippen LogP contribution is 2.32. The molecular formula is C18H34ClN3O2. The van der Waals surface area contributed by atoms with Crippen LogP contribution >= 0.6 is 12.4 Å². The molecule has 1 saturated carbocycles. The molecule has 5 nitrogen and oxygen atoms in total. The highest BCUT2D eigenvalue weighted by Gasteiger charge is 2.38. The molecule has 2 unspecified atom stereocenters. The minimum absolute atomic E-state index is 0. The van der Waals surface area contributed by atoms with Crippen LogP contribution in [-0.4, -0.2) is 41.4 Å². The van der Waals surface area contributed by atoms with E-state index in [1.807, 2.05) is 11.8 Å². The van der Waals surface area contributed by atoms with Crippen molar-refractivity contribution < 1.29 is 9.59 Å². The summed E-state index contributed by atoms with van der Waals surface area (Å²) < 4.78 is 0. The summed E-state index contributed by atoms with van der Waals surface area (Å²) in [4.78, 5) is 26.6. The summed E-state index contributed by atoms with van der Waals surface area (Å²) in [5.41, 5.74) is 5.94. The average molecular weight is 360 g/mol. The van der Waals surface area contributed by atoms with Gasteiger partial charge in [0.1, 0.15) is 0 Å². The zero-order valence-electron chi connectivity index (χ0n) is 15.3. The van der Waals surface area contributed by atoms with Crippen molar-refractivity contribution >= 4 is 24.2 Å². The summed E-state index contributed by atoms with van der Waals surface area (Å²) >= 11 is 0. The maximum absolute atomic E-state index is 12.6. The highest BCUT2D eigenvalue weighted by atomic mass is 35.5. The van der Waals surface area contributed by atoms with E-state index in [9.17, 15) is 9.59 Å². The number of halogens is 1.